The summed E-state index contributed by atoms with van der Waals surface area (Å²) in [5.41, 5.74) is 0.988. The molecule has 0 atom stereocenters. The molecule has 0 heterocycles. The van der Waals surface area contributed by atoms with Crippen molar-refractivity contribution in [2.75, 3.05) is 13.2 Å². The molecule has 0 fully saturated rings. The number of carbonyl (C=O) groups is 1. The van der Waals surface area contributed by atoms with Gasteiger partial charge in [0.1, 0.15) is 5.75 Å². The smallest absolute Gasteiger partial charge is 0.243 e. The van der Waals surface area contributed by atoms with Crippen molar-refractivity contribution < 1.29 is 9.53 Å². The Morgan fingerprint density at radius 2 is 2.00 bits per heavy atom. The van der Waals surface area contributed by atoms with Gasteiger partial charge in [0.25, 0.3) is 0 Å². The van der Waals surface area contributed by atoms with Gasteiger partial charge in [0, 0.05) is 12.6 Å². The summed E-state index contributed by atoms with van der Waals surface area (Å²) in [7, 11) is 0. The molecule has 0 saturated carbocycles. The molecule has 3 nitrogen and oxygen atoms in total. The Kier molecular flexibility index (Phi) is 6.72. The van der Waals surface area contributed by atoms with Crippen molar-refractivity contribution in [2.45, 2.75) is 27.2 Å². The van der Waals surface area contributed by atoms with Crippen LogP contribution < -0.4 is 10.1 Å². The van der Waals surface area contributed by atoms with Crippen LogP contribution in [0.25, 0.3) is 6.08 Å². The number of amides is 1. The highest BCUT2D eigenvalue weighted by molar-refractivity contribution is 5.91. The summed E-state index contributed by atoms with van der Waals surface area (Å²) in [5.74, 6) is 1.41. The first-order valence-electron chi connectivity index (χ1n) is 6.80. The number of rotatable bonds is 7. The van der Waals surface area contributed by atoms with Crippen LogP contribution in [0.15, 0.2) is 30.3 Å². The standard InChI is InChI=1S/C16H23NO2/c1-4-19-15-8-5-14(6-9-15)7-10-16(18)17-12-11-13(2)3/h5-10,13H,4,11-12H2,1-3H3,(H,17,18)/b10-7+. The number of carbonyl (C=O) groups excluding carboxylic acids is 1. The molecule has 0 unspecified atom stereocenters. The highest BCUT2D eigenvalue weighted by Crippen LogP contribution is 2.12. The third kappa shape index (κ3) is 6.65. The molecular formula is C16H23NO2. The first-order chi connectivity index (χ1) is 9.11. The zero-order valence-electron chi connectivity index (χ0n) is 12.0. The molecule has 0 saturated heterocycles. The minimum Gasteiger partial charge on any atom is -0.494 e. The number of nitrogens with one attached hydrogen (secondary N) is 1. The maximum atomic E-state index is 11.5. The van der Waals surface area contributed by atoms with Crippen LogP contribution in [-0.2, 0) is 4.79 Å². The lowest BCUT2D eigenvalue weighted by molar-refractivity contribution is -0.116. The molecule has 0 spiro atoms. The molecule has 1 N–H and O–H groups in total. The fourth-order valence-corrected chi connectivity index (χ4v) is 1.56. The third-order valence-corrected chi connectivity index (χ3v) is 2.64. The van der Waals surface area contributed by atoms with Crippen LogP contribution in [0.5, 0.6) is 5.75 Å². The summed E-state index contributed by atoms with van der Waals surface area (Å²) in [4.78, 5) is 11.5. The SMILES string of the molecule is CCOc1ccc(/C=C/C(=O)NCCC(C)C)cc1. The number of benzene rings is 1. The molecule has 19 heavy (non-hydrogen) atoms. The maximum absolute atomic E-state index is 11.5. The summed E-state index contributed by atoms with van der Waals surface area (Å²) in [6.07, 6.45) is 4.37. The van der Waals surface area contributed by atoms with E-state index in [-0.39, 0.29) is 5.91 Å². The van der Waals surface area contributed by atoms with Gasteiger partial charge in [-0.15, -0.1) is 0 Å². The Hall–Kier alpha value is -1.77. The van der Waals surface area contributed by atoms with Gasteiger partial charge in [-0.1, -0.05) is 26.0 Å². The van der Waals surface area contributed by atoms with Gasteiger partial charge in [0.05, 0.1) is 6.61 Å². The van der Waals surface area contributed by atoms with Gasteiger partial charge in [0.15, 0.2) is 0 Å². The predicted octanol–water partition coefficient (Wildman–Crippen LogP) is 3.26. The Morgan fingerprint density at radius 1 is 1.32 bits per heavy atom. The van der Waals surface area contributed by atoms with Crippen molar-refractivity contribution in [3.63, 3.8) is 0 Å². The second-order valence-corrected chi connectivity index (χ2v) is 4.81. The summed E-state index contributed by atoms with van der Waals surface area (Å²) >= 11 is 0. The van der Waals surface area contributed by atoms with Crippen molar-refractivity contribution >= 4 is 12.0 Å². The molecule has 0 aliphatic heterocycles. The lowest BCUT2D eigenvalue weighted by atomic mass is 10.1. The quantitative estimate of drug-likeness (QED) is 0.765. The van der Waals surface area contributed by atoms with Crippen LogP contribution in [-0.4, -0.2) is 19.1 Å². The minimum absolute atomic E-state index is 0.0467. The average molecular weight is 261 g/mol. The molecule has 1 rings (SSSR count). The topological polar surface area (TPSA) is 38.3 Å². The molecule has 0 aromatic heterocycles. The molecule has 0 aliphatic rings. The van der Waals surface area contributed by atoms with Gasteiger partial charge < -0.3 is 10.1 Å². The predicted molar refractivity (Wildman–Crippen MR) is 79.1 cm³/mol. The van der Waals surface area contributed by atoms with Gasteiger partial charge in [-0.2, -0.15) is 0 Å². The summed E-state index contributed by atoms with van der Waals surface area (Å²) < 4.78 is 5.36. The lowest BCUT2D eigenvalue weighted by Crippen LogP contribution is -2.23. The molecular weight excluding hydrogens is 238 g/mol. The Bertz CT molecular complexity index is 407. The van der Waals surface area contributed by atoms with Crippen LogP contribution >= 0.6 is 0 Å². The molecule has 0 bridgehead atoms. The van der Waals surface area contributed by atoms with E-state index in [0.29, 0.717) is 12.5 Å². The van der Waals surface area contributed by atoms with Crippen molar-refractivity contribution in [3.05, 3.63) is 35.9 Å². The highest BCUT2D eigenvalue weighted by atomic mass is 16.5. The summed E-state index contributed by atoms with van der Waals surface area (Å²) in [6, 6.07) is 7.67. The number of ether oxygens (including phenoxy) is 1. The third-order valence-electron chi connectivity index (χ3n) is 2.64. The molecule has 0 radical (unpaired) electrons. The molecule has 1 amide bonds. The van der Waals surface area contributed by atoms with E-state index in [9.17, 15) is 4.79 Å². The maximum Gasteiger partial charge on any atom is 0.243 e. The second-order valence-electron chi connectivity index (χ2n) is 4.81. The largest absolute Gasteiger partial charge is 0.494 e. The van der Waals surface area contributed by atoms with Gasteiger partial charge in [-0.25, -0.2) is 0 Å². The van der Waals surface area contributed by atoms with Crippen LogP contribution in [0.3, 0.4) is 0 Å². The highest BCUT2D eigenvalue weighted by Gasteiger charge is 1.97. The van der Waals surface area contributed by atoms with Crippen LogP contribution in [0.1, 0.15) is 32.8 Å². The Balaban J connectivity index is 2.40. The number of hydrogen-bond acceptors (Lipinski definition) is 2. The van der Waals surface area contributed by atoms with Crippen LogP contribution in [0.2, 0.25) is 0 Å². The van der Waals surface area contributed by atoms with Crippen molar-refractivity contribution in [1.29, 1.82) is 0 Å². The van der Waals surface area contributed by atoms with Crippen LogP contribution in [0.4, 0.5) is 0 Å². The molecule has 1 aromatic carbocycles. The normalized spacial score (nSPS) is 10.9. The van der Waals surface area contributed by atoms with Gasteiger partial charge in [-0.3, -0.25) is 4.79 Å². The van der Waals surface area contributed by atoms with E-state index in [2.05, 4.69) is 19.2 Å². The Labute approximate surface area is 115 Å². The van der Waals surface area contributed by atoms with E-state index < -0.39 is 0 Å². The van der Waals surface area contributed by atoms with Crippen LogP contribution in [0, 0.1) is 5.92 Å². The zero-order chi connectivity index (χ0) is 14.1. The van der Waals surface area contributed by atoms with Crippen molar-refractivity contribution in [2.24, 2.45) is 5.92 Å². The summed E-state index contributed by atoms with van der Waals surface area (Å²) in [5, 5.41) is 2.87. The summed E-state index contributed by atoms with van der Waals surface area (Å²) in [6.45, 7) is 7.62. The van der Waals surface area contributed by atoms with Crippen molar-refractivity contribution in [1.82, 2.24) is 5.32 Å². The fraction of sp³-hybridized carbons (Fsp3) is 0.438. The van der Waals surface area contributed by atoms with E-state index in [1.165, 1.54) is 0 Å². The molecule has 3 heteroatoms. The molecule has 0 aliphatic carbocycles. The minimum atomic E-state index is -0.0467. The van der Waals surface area contributed by atoms with E-state index >= 15 is 0 Å². The molecule has 1 aromatic rings. The fourth-order valence-electron chi connectivity index (χ4n) is 1.56. The van der Waals surface area contributed by atoms with E-state index in [4.69, 9.17) is 4.74 Å². The zero-order valence-corrected chi connectivity index (χ0v) is 12.0. The first kappa shape index (κ1) is 15.3. The first-order valence-corrected chi connectivity index (χ1v) is 6.80. The monoisotopic (exact) mass is 261 g/mol. The second kappa shape index (κ2) is 8.35. The van der Waals surface area contributed by atoms with E-state index in [1.54, 1.807) is 12.2 Å². The van der Waals surface area contributed by atoms with Gasteiger partial charge >= 0.3 is 0 Å². The van der Waals surface area contributed by atoms with E-state index in [1.807, 2.05) is 31.2 Å². The Morgan fingerprint density at radius 3 is 2.58 bits per heavy atom. The van der Waals surface area contributed by atoms with Crippen molar-refractivity contribution in [3.8, 4) is 5.75 Å². The molecule has 104 valence electrons. The van der Waals surface area contributed by atoms with Gasteiger partial charge in [0.2, 0.25) is 5.91 Å². The average Bonchev–Trinajstić information content (AvgIpc) is 2.38. The van der Waals surface area contributed by atoms with E-state index in [0.717, 1.165) is 24.3 Å². The van der Waals surface area contributed by atoms with Gasteiger partial charge in [-0.05, 0) is 43.0 Å². The lowest BCUT2D eigenvalue weighted by Gasteiger charge is -2.04. The number of hydrogen-bond donors (Lipinski definition) is 1.